The van der Waals surface area contributed by atoms with Gasteiger partial charge in [0.05, 0.1) is 6.42 Å². The molecule has 0 aromatic heterocycles. The maximum Gasteiger partial charge on any atom is 0.307 e. The molecule has 1 unspecified atom stereocenters. The highest BCUT2D eigenvalue weighted by atomic mass is 16.5. The van der Waals surface area contributed by atoms with Crippen LogP contribution in [-0.2, 0) is 14.3 Å². The summed E-state index contributed by atoms with van der Waals surface area (Å²) < 4.78 is 4.92. The van der Waals surface area contributed by atoms with Crippen LogP contribution in [-0.4, -0.2) is 23.1 Å². The van der Waals surface area contributed by atoms with Gasteiger partial charge in [-0.1, -0.05) is 20.8 Å². The Kier molecular flexibility index (Phi) is 4.60. The normalized spacial score (nSPS) is 13.4. The molecule has 0 spiro atoms. The summed E-state index contributed by atoms with van der Waals surface area (Å²) in [5.41, 5.74) is -0.0461. The van der Waals surface area contributed by atoms with Crippen LogP contribution in [0.25, 0.3) is 0 Å². The second-order valence-corrected chi connectivity index (χ2v) is 4.59. The van der Waals surface area contributed by atoms with Crippen molar-refractivity contribution in [1.29, 1.82) is 0 Å². The van der Waals surface area contributed by atoms with Gasteiger partial charge in [0, 0.05) is 6.92 Å². The molecule has 4 heteroatoms. The van der Waals surface area contributed by atoms with E-state index >= 15 is 0 Å². The van der Waals surface area contributed by atoms with E-state index in [2.05, 4.69) is 0 Å². The Morgan fingerprint density at radius 2 is 1.86 bits per heavy atom. The lowest BCUT2D eigenvalue weighted by atomic mass is 9.88. The molecule has 4 nitrogen and oxygen atoms in total. The van der Waals surface area contributed by atoms with Gasteiger partial charge in [0.15, 0.2) is 0 Å². The number of ether oxygens (including phenoxy) is 1. The first kappa shape index (κ1) is 12.9. The molecule has 0 aromatic carbocycles. The van der Waals surface area contributed by atoms with Crippen molar-refractivity contribution in [2.45, 2.75) is 46.6 Å². The maximum absolute atomic E-state index is 10.7. The highest BCUT2D eigenvalue weighted by molar-refractivity contribution is 5.69. The zero-order valence-electron chi connectivity index (χ0n) is 9.16. The third-order valence-electron chi connectivity index (χ3n) is 1.57. The highest BCUT2D eigenvalue weighted by Gasteiger charge is 2.23. The van der Waals surface area contributed by atoms with Gasteiger partial charge in [-0.25, -0.2) is 0 Å². The summed E-state index contributed by atoms with van der Waals surface area (Å²) in [6.45, 7) is 7.22. The van der Waals surface area contributed by atoms with Gasteiger partial charge in [-0.05, 0) is 11.8 Å². The molecule has 0 rings (SSSR count). The van der Waals surface area contributed by atoms with E-state index in [1.807, 2.05) is 20.8 Å². The SMILES string of the molecule is CC(=O)OC(CC(=O)O)CC(C)(C)C. The Morgan fingerprint density at radius 1 is 1.36 bits per heavy atom. The van der Waals surface area contributed by atoms with E-state index in [1.165, 1.54) is 6.92 Å². The number of rotatable bonds is 4. The Bertz CT molecular complexity index is 199. The van der Waals surface area contributed by atoms with E-state index in [9.17, 15) is 9.59 Å². The van der Waals surface area contributed by atoms with Gasteiger partial charge in [0.2, 0.25) is 0 Å². The second-order valence-electron chi connectivity index (χ2n) is 4.59. The molecular weight excluding hydrogens is 184 g/mol. The molecule has 82 valence electrons. The molecule has 0 fully saturated rings. The predicted molar refractivity (Wildman–Crippen MR) is 51.9 cm³/mol. The summed E-state index contributed by atoms with van der Waals surface area (Å²) in [6.07, 6.45) is -0.0968. The molecule has 1 atom stereocenters. The third-order valence-corrected chi connectivity index (χ3v) is 1.57. The lowest BCUT2D eigenvalue weighted by molar-refractivity contribution is -0.152. The number of carbonyl (C=O) groups excluding carboxylic acids is 1. The van der Waals surface area contributed by atoms with Crippen LogP contribution in [0.5, 0.6) is 0 Å². The smallest absolute Gasteiger partial charge is 0.307 e. The molecule has 0 radical (unpaired) electrons. The van der Waals surface area contributed by atoms with Crippen molar-refractivity contribution in [2.75, 3.05) is 0 Å². The predicted octanol–water partition coefficient (Wildman–Crippen LogP) is 1.83. The fraction of sp³-hybridized carbons (Fsp3) is 0.800. The Morgan fingerprint density at radius 3 is 2.14 bits per heavy atom. The minimum atomic E-state index is -0.944. The van der Waals surface area contributed by atoms with E-state index < -0.39 is 18.0 Å². The molecule has 1 N–H and O–H groups in total. The van der Waals surface area contributed by atoms with Gasteiger partial charge in [-0.3, -0.25) is 9.59 Å². The quantitative estimate of drug-likeness (QED) is 0.706. The average molecular weight is 202 g/mol. The molecule has 0 saturated heterocycles. The molecule has 0 aliphatic carbocycles. The van der Waals surface area contributed by atoms with Crippen molar-refractivity contribution in [3.63, 3.8) is 0 Å². The number of aliphatic carboxylic acids is 1. The fourth-order valence-corrected chi connectivity index (χ4v) is 1.27. The van der Waals surface area contributed by atoms with Crippen molar-refractivity contribution in [1.82, 2.24) is 0 Å². The van der Waals surface area contributed by atoms with Crippen LogP contribution in [0.3, 0.4) is 0 Å². The summed E-state index contributed by atoms with van der Waals surface area (Å²) in [4.78, 5) is 21.2. The number of carboxylic acid groups (broad SMARTS) is 1. The third kappa shape index (κ3) is 7.58. The van der Waals surface area contributed by atoms with Crippen LogP contribution in [0.15, 0.2) is 0 Å². The van der Waals surface area contributed by atoms with Gasteiger partial charge < -0.3 is 9.84 Å². The van der Waals surface area contributed by atoms with Crippen molar-refractivity contribution < 1.29 is 19.4 Å². The van der Waals surface area contributed by atoms with Gasteiger partial charge >= 0.3 is 11.9 Å². The molecule has 0 aliphatic heterocycles. The molecule has 14 heavy (non-hydrogen) atoms. The minimum absolute atomic E-state index is 0.0461. The lowest BCUT2D eigenvalue weighted by Crippen LogP contribution is -2.25. The summed E-state index contributed by atoms with van der Waals surface area (Å²) >= 11 is 0. The van der Waals surface area contributed by atoms with Gasteiger partial charge in [0.25, 0.3) is 0 Å². The van der Waals surface area contributed by atoms with E-state index in [0.717, 1.165) is 0 Å². The molecule has 0 aromatic rings. The largest absolute Gasteiger partial charge is 0.481 e. The van der Waals surface area contributed by atoms with E-state index in [4.69, 9.17) is 9.84 Å². The van der Waals surface area contributed by atoms with Gasteiger partial charge in [0.1, 0.15) is 6.10 Å². The van der Waals surface area contributed by atoms with Crippen LogP contribution < -0.4 is 0 Å². The summed E-state index contributed by atoms with van der Waals surface area (Å²) in [5, 5.41) is 8.60. The zero-order valence-corrected chi connectivity index (χ0v) is 9.16. The first-order valence-electron chi connectivity index (χ1n) is 4.60. The first-order chi connectivity index (χ1) is 6.20. The molecule has 0 saturated carbocycles. The Labute approximate surface area is 84.3 Å². The monoisotopic (exact) mass is 202 g/mol. The number of carboxylic acids is 1. The number of esters is 1. The first-order valence-corrected chi connectivity index (χ1v) is 4.60. The second kappa shape index (κ2) is 4.98. The van der Waals surface area contributed by atoms with Crippen LogP contribution in [0.4, 0.5) is 0 Å². The summed E-state index contributed by atoms with van der Waals surface area (Å²) in [6, 6.07) is 0. The average Bonchev–Trinajstić information content (AvgIpc) is 1.77. The van der Waals surface area contributed by atoms with E-state index in [0.29, 0.717) is 6.42 Å². The van der Waals surface area contributed by atoms with Crippen LogP contribution in [0.2, 0.25) is 0 Å². The van der Waals surface area contributed by atoms with Crippen molar-refractivity contribution in [3.8, 4) is 0 Å². The van der Waals surface area contributed by atoms with E-state index in [1.54, 1.807) is 0 Å². The topological polar surface area (TPSA) is 63.6 Å². The number of carbonyl (C=O) groups is 2. The number of hydrogen-bond donors (Lipinski definition) is 1. The zero-order chi connectivity index (χ0) is 11.4. The Hall–Kier alpha value is -1.06. The van der Waals surface area contributed by atoms with Crippen molar-refractivity contribution >= 4 is 11.9 Å². The van der Waals surface area contributed by atoms with Gasteiger partial charge in [-0.15, -0.1) is 0 Å². The summed E-state index contributed by atoms with van der Waals surface area (Å²) in [7, 11) is 0. The standard InChI is InChI=1S/C10H18O4/c1-7(11)14-8(5-9(12)13)6-10(2,3)4/h8H,5-6H2,1-4H3,(H,12,13). The molecule has 0 aliphatic rings. The molecule has 0 amide bonds. The summed E-state index contributed by atoms with van der Waals surface area (Å²) in [5.74, 6) is -1.37. The van der Waals surface area contributed by atoms with Crippen molar-refractivity contribution in [2.24, 2.45) is 5.41 Å². The molecular formula is C10H18O4. The fourth-order valence-electron chi connectivity index (χ4n) is 1.27. The van der Waals surface area contributed by atoms with Crippen LogP contribution in [0, 0.1) is 5.41 Å². The number of hydrogen-bond acceptors (Lipinski definition) is 3. The molecule has 0 heterocycles. The lowest BCUT2D eigenvalue weighted by Gasteiger charge is -2.24. The van der Waals surface area contributed by atoms with Crippen LogP contribution in [0.1, 0.15) is 40.5 Å². The van der Waals surface area contributed by atoms with Crippen molar-refractivity contribution in [3.05, 3.63) is 0 Å². The maximum atomic E-state index is 10.7. The Balaban J connectivity index is 4.24. The van der Waals surface area contributed by atoms with Crippen LogP contribution >= 0.6 is 0 Å². The highest BCUT2D eigenvalue weighted by Crippen LogP contribution is 2.24. The van der Waals surface area contributed by atoms with E-state index in [-0.39, 0.29) is 11.8 Å². The minimum Gasteiger partial charge on any atom is -0.481 e. The molecule has 0 bridgehead atoms. The van der Waals surface area contributed by atoms with Gasteiger partial charge in [-0.2, -0.15) is 0 Å².